The van der Waals surface area contributed by atoms with Gasteiger partial charge in [-0.1, -0.05) is 0 Å². The molecule has 6 N–H and O–H groups in total. The molecule has 0 aliphatic carbocycles. The normalized spacial score (nSPS) is 27.5. The predicted molar refractivity (Wildman–Crippen MR) is 46.0 cm³/mol. The summed E-state index contributed by atoms with van der Waals surface area (Å²) in [4.78, 5) is 21.4. The van der Waals surface area contributed by atoms with Gasteiger partial charge in [0.05, 0.1) is 0 Å². The second-order valence-corrected chi connectivity index (χ2v) is 2.82. The summed E-state index contributed by atoms with van der Waals surface area (Å²) in [5.74, 6) is -0.0592. The van der Waals surface area contributed by atoms with Crippen molar-refractivity contribution in [3.63, 3.8) is 0 Å². The van der Waals surface area contributed by atoms with Crippen LogP contribution in [0.3, 0.4) is 0 Å². The van der Waals surface area contributed by atoms with Crippen LogP contribution < -0.4 is 22.1 Å². The molecule has 72 valence electrons. The van der Waals surface area contributed by atoms with E-state index in [1.807, 2.05) is 0 Å². The number of aldehydes is 1. The Morgan fingerprint density at radius 2 is 2.15 bits per heavy atom. The zero-order valence-corrected chi connectivity index (χ0v) is 7.20. The highest BCUT2D eigenvalue weighted by Crippen LogP contribution is 2.03. The van der Waals surface area contributed by atoms with E-state index >= 15 is 0 Å². The molecule has 0 bridgehead atoms. The highest BCUT2D eigenvalue weighted by atomic mass is 16.1. The second-order valence-electron chi connectivity index (χ2n) is 2.82. The van der Waals surface area contributed by atoms with Crippen molar-refractivity contribution in [3.05, 3.63) is 11.5 Å². The standard InChI is InChI=1S/C7H12N4O2/c1-3(13)5-7(9)10-4(2-12)6(8)11-5/h2,4,6,10-11H,8-9H2,1H3. The Morgan fingerprint density at radius 1 is 1.54 bits per heavy atom. The van der Waals surface area contributed by atoms with Crippen LogP contribution in [-0.2, 0) is 9.59 Å². The molecule has 0 saturated heterocycles. The molecule has 6 heteroatoms. The Labute approximate surface area is 75.3 Å². The van der Waals surface area contributed by atoms with Crippen molar-refractivity contribution >= 4 is 12.1 Å². The quantitative estimate of drug-likeness (QED) is 0.361. The lowest BCUT2D eigenvalue weighted by molar-refractivity contribution is -0.115. The van der Waals surface area contributed by atoms with Crippen LogP contribution in [0.5, 0.6) is 0 Å². The van der Waals surface area contributed by atoms with Gasteiger partial charge in [0, 0.05) is 6.92 Å². The van der Waals surface area contributed by atoms with E-state index < -0.39 is 12.2 Å². The Morgan fingerprint density at radius 3 is 2.62 bits per heavy atom. The first kappa shape index (κ1) is 9.53. The number of carbonyl (C=O) groups is 2. The summed E-state index contributed by atoms with van der Waals surface area (Å²) in [6, 6.07) is -0.594. The fourth-order valence-corrected chi connectivity index (χ4v) is 1.09. The summed E-state index contributed by atoms with van der Waals surface area (Å²) < 4.78 is 0. The molecule has 0 aromatic heterocycles. The van der Waals surface area contributed by atoms with Crippen LogP contribution in [0.25, 0.3) is 0 Å². The van der Waals surface area contributed by atoms with Crippen molar-refractivity contribution in [2.75, 3.05) is 0 Å². The van der Waals surface area contributed by atoms with Crippen LogP contribution in [0.2, 0.25) is 0 Å². The Balaban J connectivity index is 2.88. The number of allylic oxidation sites excluding steroid dienone is 1. The highest BCUT2D eigenvalue weighted by Gasteiger charge is 2.26. The van der Waals surface area contributed by atoms with Crippen molar-refractivity contribution in [2.45, 2.75) is 19.1 Å². The van der Waals surface area contributed by atoms with Gasteiger partial charge in [0.25, 0.3) is 0 Å². The fraction of sp³-hybridized carbons (Fsp3) is 0.429. The smallest absolute Gasteiger partial charge is 0.179 e. The van der Waals surface area contributed by atoms with E-state index in [9.17, 15) is 9.59 Å². The van der Waals surface area contributed by atoms with Gasteiger partial charge in [-0.15, -0.1) is 0 Å². The summed E-state index contributed by atoms with van der Waals surface area (Å²) in [6.45, 7) is 1.37. The topological polar surface area (TPSA) is 110 Å². The minimum atomic E-state index is -0.622. The van der Waals surface area contributed by atoms with Gasteiger partial charge < -0.3 is 26.9 Å². The van der Waals surface area contributed by atoms with Crippen LogP contribution in [-0.4, -0.2) is 24.3 Å². The van der Waals surface area contributed by atoms with Crippen molar-refractivity contribution in [1.29, 1.82) is 0 Å². The minimum Gasteiger partial charge on any atom is -0.384 e. The molecule has 1 aliphatic rings. The lowest BCUT2D eigenvalue weighted by atomic mass is 10.1. The average Bonchev–Trinajstić information content (AvgIpc) is 2.07. The molecule has 0 aromatic carbocycles. The lowest BCUT2D eigenvalue weighted by Gasteiger charge is -2.29. The van der Waals surface area contributed by atoms with Crippen molar-refractivity contribution in [1.82, 2.24) is 10.6 Å². The molecule has 6 nitrogen and oxygen atoms in total. The van der Waals surface area contributed by atoms with E-state index in [0.29, 0.717) is 6.29 Å². The van der Waals surface area contributed by atoms with E-state index in [0.717, 1.165) is 0 Å². The Bertz CT molecular complexity index is 274. The first-order chi connectivity index (χ1) is 6.06. The molecule has 0 aromatic rings. The number of ketones is 1. The van der Waals surface area contributed by atoms with Crippen LogP contribution in [0.4, 0.5) is 0 Å². The Kier molecular flexibility index (Phi) is 2.52. The second kappa shape index (κ2) is 3.44. The third-order valence-corrected chi connectivity index (χ3v) is 1.79. The largest absolute Gasteiger partial charge is 0.384 e. The lowest BCUT2D eigenvalue weighted by Crippen LogP contribution is -2.60. The van der Waals surface area contributed by atoms with E-state index in [2.05, 4.69) is 10.6 Å². The number of hydrogen-bond acceptors (Lipinski definition) is 6. The third kappa shape index (κ3) is 1.78. The molecule has 2 atom stereocenters. The first-order valence-electron chi connectivity index (χ1n) is 3.81. The summed E-state index contributed by atoms with van der Waals surface area (Å²) in [5.41, 5.74) is 11.2. The molecule has 1 heterocycles. The van der Waals surface area contributed by atoms with Crippen LogP contribution in [0, 0.1) is 0 Å². The summed E-state index contributed by atoms with van der Waals surface area (Å²) >= 11 is 0. The van der Waals surface area contributed by atoms with Crippen LogP contribution in [0.1, 0.15) is 6.92 Å². The third-order valence-electron chi connectivity index (χ3n) is 1.79. The number of Topliss-reactive ketones (excluding diaryl/α,β-unsaturated/α-hetero) is 1. The minimum absolute atomic E-state index is 0.159. The summed E-state index contributed by atoms with van der Waals surface area (Å²) in [7, 11) is 0. The first-order valence-corrected chi connectivity index (χ1v) is 3.81. The molecular formula is C7H12N4O2. The van der Waals surface area contributed by atoms with Gasteiger partial charge in [0.15, 0.2) is 5.78 Å². The molecule has 13 heavy (non-hydrogen) atoms. The zero-order chi connectivity index (χ0) is 10.0. The van der Waals surface area contributed by atoms with E-state index in [4.69, 9.17) is 11.5 Å². The molecule has 0 saturated carbocycles. The number of hydrogen-bond donors (Lipinski definition) is 4. The molecule has 1 aliphatic heterocycles. The van der Waals surface area contributed by atoms with Crippen molar-refractivity contribution in [3.8, 4) is 0 Å². The van der Waals surface area contributed by atoms with Gasteiger partial charge in [-0.2, -0.15) is 0 Å². The number of nitrogens with two attached hydrogens (primary N) is 2. The monoisotopic (exact) mass is 184 g/mol. The maximum absolute atomic E-state index is 11.0. The van der Waals surface area contributed by atoms with Gasteiger partial charge in [-0.05, 0) is 0 Å². The van der Waals surface area contributed by atoms with E-state index in [1.54, 1.807) is 0 Å². The number of nitrogens with one attached hydrogen (secondary N) is 2. The van der Waals surface area contributed by atoms with Gasteiger partial charge in [0.2, 0.25) is 0 Å². The molecule has 0 spiro atoms. The fourth-order valence-electron chi connectivity index (χ4n) is 1.09. The van der Waals surface area contributed by atoms with Crippen molar-refractivity contribution in [2.24, 2.45) is 11.5 Å². The van der Waals surface area contributed by atoms with Gasteiger partial charge in [-0.3, -0.25) is 4.79 Å². The number of rotatable bonds is 2. The van der Waals surface area contributed by atoms with Crippen LogP contribution in [0.15, 0.2) is 11.5 Å². The van der Waals surface area contributed by atoms with E-state index in [1.165, 1.54) is 6.92 Å². The average molecular weight is 184 g/mol. The number of carbonyl (C=O) groups excluding carboxylic acids is 2. The summed E-state index contributed by atoms with van der Waals surface area (Å²) in [6.07, 6.45) is 0.0187. The molecular weight excluding hydrogens is 172 g/mol. The predicted octanol–water partition coefficient (Wildman–Crippen LogP) is -2.25. The molecule has 1 rings (SSSR count). The zero-order valence-electron chi connectivity index (χ0n) is 7.20. The molecule has 0 fully saturated rings. The summed E-state index contributed by atoms with van der Waals surface area (Å²) in [5, 5.41) is 5.28. The van der Waals surface area contributed by atoms with Gasteiger partial charge >= 0.3 is 0 Å². The van der Waals surface area contributed by atoms with Gasteiger partial charge in [0.1, 0.15) is 30.0 Å². The molecule has 2 unspecified atom stereocenters. The van der Waals surface area contributed by atoms with Gasteiger partial charge in [-0.25, -0.2) is 0 Å². The van der Waals surface area contributed by atoms with E-state index in [-0.39, 0.29) is 17.3 Å². The van der Waals surface area contributed by atoms with Crippen LogP contribution >= 0.6 is 0 Å². The van der Waals surface area contributed by atoms with Crippen molar-refractivity contribution < 1.29 is 9.59 Å². The Hall–Kier alpha value is -1.56. The maximum atomic E-state index is 11.0. The highest BCUT2D eigenvalue weighted by molar-refractivity contribution is 5.93. The molecule has 0 amide bonds. The molecule has 0 radical (unpaired) electrons. The SMILES string of the molecule is CC(=O)C1=C(N)NC(C=O)C(N)N1. The maximum Gasteiger partial charge on any atom is 0.179 e.